The van der Waals surface area contributed by atoms with Crippen molar-refractivity contribution in [3.05, 3.63) is 0 Å². The van der Waals surface area contributed by atoms with E-state index in [-0.39, 0.29) is 19.8 Å². The molecule has 1 nitrogen and oxygen atoms in total. The Morgan fingerprint density at radius 1 is 1.00 bits per heavy atom. The summed E-state index contributed by atoms with van der Waals surface area (Å²) in [6, 6.07) is 0. The fourth-order valence-electron chi connectivity index (χ4n) is 0. The average Bonchev–Trinajstić information content (AvgIpc) is 0.811. The van der Waals surface area contributed by atoms with Gasteiger partial charge in [-0.2, -0.15) is 0 Å². The van der Waals surface area contributed by atoms with Gasteiger partial charge in [-0.05, 0) is 21.1 Å². The molecule has 0 saturated heterocycles. The van der Waals surface area contributed by atoms with E-state index < -0.39 is 0 Å². The predicted molar refractivity (Wildman–Crippen MR) is 25.4 cm³/mol. The van der Waals surface area contributed by atoms with Crippen LogP contribution in [0.5, 0.6) is 0 Å². The van der Waals surface area contributed by atoms with Gasteiger partial charge in [-0.25, -0.2) is 0 Å². The van der Waals surface area contributed by atoms with Crippen LogP contribution in [0.25, 0.3) is 0 Å². The molecule has 0 unspecified atom stereocenters. The smallest absolute Gasteiger partial charge is 0 e. The molecule has 3 radical (unpaired) electrons. The summed E-state index contributed by atoms with van der Waals surface area (Å²) in [7, 11) is 6.00. The van der Waals surface area contributed by atoms with Crippen LogP contribution in [0, 0.1) is 0 Å². The van der Waals surface area contributed by atoms with Gasteiger partial charge in [0.25, 0.3) is 0 Å². The van der Waals surface area contributed by atoms with Crippen LogP contribution >= 0.6 is 0 Å². The molecule has 0 aliphatic rings. The first-order chi connectivity index (χ1) is 1.73. The van der Waals surface area contributed by atoms with Crippen molar-refractivity contribution >= 4 is 19.8 Å². The van der Waals surface area contributed by atoms with Gasteiger partial charge in [-0.15, -0.1) is 0 Å². The Morgan fingerprint density at radius 2 is 1.00 bits per heavy atom. The summed E-state index contributed by atoms with van der Waals surface area (Å²) < 4.78 is 0. The fourth-order valence-corrected chi connectivity index (χ4v) is 0. The zero-order valence-corrected chi connectivity index (χ0v) is 6.45. The van der Waals surface area contributed by atoms with Gasteiger partial charge in [-0.3, -0.25) is 0 Å². The Balaban J connectivity index is 0. The van der Waals surface area contributed by atoms with Gasteiger partial charge < -0.3 is 4.90 Å². The van der Waals surface area contributed by atoms with E-state index in [9.17, 15) is 0 Å². The van der Waals surface area contributed by atoms with Crippen LogP contribution in [-0.2, 0) is 0 Å². The predicted octanol–water partition coefficient (Wildman–Crippen LogP) is -0.203. The molecule has 29 valence electrons. The van der Waals surface area contributed by atoms with Crippen LogP contribution < -0.4 is 0 Å². The number of hydrogen-bond acceptors (Lipinski definition) is 1. The van der Waals surface area contributed by atoms with Gasteiger partial charge in [0, 0.05) is 19.8 Å². The minimum atomic E-state index is 0. The molecule has 0 heterocycles. The quantitative estimate of drug-likeness (QED) is 0.409. The summed E-state index contributed by atoms with van der Waals surface area (Å²) in [6.45, 7) is 0. The molecular formula is C3H9GaN. The van der Waals surface area contributed by atoms with E-state index in [2.05, 4.69) is 0 Å². The van der Waals surface area contributed by atoms with Gasteiger partial charge >= 0.3 is 0 Å². The Kier molecular flexibility index (Phi) is 8.40. The zero-order chi connectivity index (χ0) is 3.58. The molecule has 5 heavy (non-hydrogen) atoms. The number of rotatable bonds is 0. The average molecular weight is 129 g/mol. The van der Waals surface area contributed by atoms with Crippen molar-refractivity contribution in [1.29, 1.82) is 0 Å². The van der Waals surface area contributed by atoms with Gasteiger partial charge in [0.1, 0.15) is 0 Å². The molecule has 0 saturated carbocycles. The third-order valence-electron chi connectivity index (χ3n) is 0. The van der Waals surface area contributed by atoms with Crippen molar-refractivity contribution in [2.24, 2.45) is 0 Å². The van der Waals surface area contributed by atoms with Gasteiger partial charge in [-0.1, -0.05) is 0 Å². The zero-order valence-electron chi connectivity index (χ0n) is 4.02. The largest absolute Gasteiger partial charge is 0.312 e. The van der Waals surface area contributed by atoms with Gasteiger partial charge in [0.05, 0.1) is 0 Å². The maximum Gasteiger partial charge on any atom is 0 e. The van der Waals surface area contributed by atoms with E-state index >= 15 is 0 Å². The molecular weight excluding hydrogens is 120 g/mol. The topological polar surface area (TPSA) is 3.24 Å². The van der Waals surface area contributed by atoms with Crippen molar-refractivity contribution in [3.8, 4) is 0 Å². The van der Waals surface area contributed by atoms with E-state index in [1.807, 2.05) is 26.0 Å². The molecule has 0 aromatic heterocycles. The maximum absolute atomic E-state index is 2.00. The molecule has 0 spiro atoms. The third kappa shape index (κ3) is 87.1. The minimum Gasteiger partial charge on any atom is -0.312 e. The van der Waals surface area contributed by atoms with E-state index in [1.165, 1.54) is 0 Å². The van der Waals surface area contributed by atoms with E-state index in [4.69, 9.17) is 0 Å². The monoisotopic (exact) mass is 128 g/mol. The van der Waals surface area contributed by atoms with E-state index in [0.29, 0.717) is 0 Å². The number of nitrogens with zero attached hydrogens (tertiary/aromatic N) is 1. The molecule has 2 heteroatoms. The Morgan fingerprint density at radius 3 is 1.00 bits per heavy atom. The summed E-state index contributed by atoms with van der Waals surface area (Å²) in [6.07, 6.45) is 0. The summed E-state index contributed by atoms with van der Waals surface area (Å²) >= 11 is 0. The molecule has 0 N–H and O–H groups in total. The second kappa shape index (κ2) is 4.60. The van der Waals surface area contributed by atoms with Crippen molar-refractivity contribution in [1.82, 2.24) is 4.90 Å². The van der Waals surface area contributed by atoms with E-state index in [1.54, 1.807) is 0 Å². The summed E-state index contributed by atoms with van der Waals surface area (Å²) in [4.78, 5) is 2.00. The van der Waals surface area contributed by atoms with Crippen LogP contribution in [-0.4, -0.2) is 45.8 Å². The molecule has 0 aromatic rings. The second-order valence-corrected chi connectivity index (χ2v) is 1.34. The summed E-state index contributed by atoms with van der Waals surface area (Å²) in [5.41, 5.74) is 0. The first kappa shape index (κ1) is 9.14. The Bertz CT molecular complexity index is 11.6. The number of hydrogen-bond donors (Lipinski definition) is 0. The summed E-state index contributed by atoms with van der Waals surface area (Å²) in [5, 5.41) is 0. The SMILES string of the molecule is CN(C)C.[Ga]. The molecule has 0 fully saturated rings. The molecule has 0 atom stereocenters. The minimum absolute atomic E-state index is 0. The van der Waals surface area contributed by atoms with Crippen LogP contribution in [0.4, 0.5) is 0 Å². The first-order valence-electron chi connectivity index (χ1n) is 1.34. The Hall–Kier alpha value is 0.596. The van der Waals surface area contributed by atoms with E-state index in [0.717, 1.165) is 0 Å². The normalized spacial score (nSPS) is 7.20. The first-order valence-corrected chi connectivity index (χ1v) is 1.34. The summed E-state index contributed by atoms with van der Waals surface area (Å²) in [5.74, 6) is 0. The van der Waals surface area contributed by atoms with Gasteiger partial charge in [0.15, 0.2) is 0 Å². The fraction of sp³-hybridized carbons (Fsp3) is 1.00. The molecule has 0 rings (SSSR count). The van der Waals surface area contributed by atoms with Crippen molar-refractivity contribution < 1.29 is 0 Å². The van der Waals surface area contributed by atoms with Crippen molar-refractivity contribution in [3.63, 3.8) is 0 Å². The molecule has 0 aromatic carbocycles. The van der Waals surface area contributed by atoms with Crippen LogP contribution in [0.1, 0.15) is 0 Å². The molecule has 0 aliphatic carbocycles. The van der Waals surface area contributed by atoms with Crippen LogP contribution in [0.2, 0.25) is 0 Å². The standard InChI is InChI=1S/C3H9N.Ga/c1-4(2)3;/h1-3H3;. The Labute approximate surface area is 46.4 Å². The molecule has 0 amide bonds. The van der Waals surface area contributed by atoms with Gasteiger partial charge in [0.2, 0.25) is 0 Å². The maximum atomic E-state index is 2.00. The van der Waals surface area contributed by atoms with Crippen LogP contribution in [0.3, 0.4) is 0 Å². The van der Waals surface area contributed by atoms with Crippen molar-refractivity contribution in [2.75, 3.05) is 21.1 Å². The molecule has 0 aliphatic heterocycles. The van der Waals surface area contributed by atoms with Crippen LogP contribution in [0.15, 0.2) is 0 Å². The third-order valence-corrected chi connectivity index (χ3v) is 0. The molecule has 0 bridgehead atoms. The second-order valence-electron chi connectivity index (χ2n) is 1.34. The van der Waals surface area contributed by atoms with Crippen molar-refractivity contribution in [2.45, 2.75) is 0 Å².